The van der Waals surface area contributed by atoms with Gasteiger partial charge in [0.1, 0.15) is 11.6 Å². The fraction of sp³-hybridized carbons (Fsp3) is 0.231. The van der Waals surface area contributed by atoms with Gasteiger partial charge in [0.25, 0.3) is 5.91 Å². The molecule has 0 bridgehead atoms. The molecule has 0 unspecified atom stereocenters. The molecule has 4 N–H and O–H groups in total. The number of carbonyl (C=O) groups excluding carboxylic acids is 1. The van der Waals surface area contributed by atoms with Crippen LogP contribution in [0.25, 0.3) is 0 Å². The lowest BCUT2D eigenvalue weighted by molar-refractivity contribution is 0.0953. The number of carbonyl (C=O) groups is 1. The van der Waals surface area contributed by atoms with Crippen molar-refractivity contribution in [1.29, 1.82) is 0 Å². The largest absolute Gasteiger partial charge is 0.497 e. The maximum Gasteiger partial charge on any atom is 0.251 e. The highest BCUT2D eigenvalue weighted by molar-refractivity contribution is 5.95. The average molecular weight is 260 g/mol. The number of aromatic amines is 1. The van der Waals surface area contributed by atoms with E-state index in [0.29, 0.717) is 30.0 Å². The van der Waals surface area contributed by atoms with E-state index in [4.69, 9.17) is 10.5 Å². The first kappa shape index (κ1) is 12.9. The summed E-state index contributed by atoms with van der Waals surface area (Å²) in [5.74, 6) is 1.22. The van der Waals surface area contributed by atoms with Gasteiger partial charge in [0, 0.05) is 42.7 Å². The lowest BCUT2D eigenvalue weighted by Gasteiger charge is -2.07. The Labute approximate surface area is 111 Å². The molecule has 0 aliphatic carbocycles. The second kappa shape index (κ2) is 5.90. The van der Waals surface area contributed by atoms with Crippen LogP contribution >= 0.6 is 0 Å². The maximum atomic E-state index is 11.9. The fourth-order valence-electron chi connectivity index (χ4n) is 1.70. The Morgan fingerprint density at radius 3 is 3.00 bits per heavy atom. The van der Waals surface area contributed by atoms with Crippen molar-refractivity contribution in [3.63, 3.8) is 0 Å². The van der Waals surface area contributed by atoms with E-state index in [9.17, 15) is 4.79 Å². The summed E-state index contributed by atoms with van der Waals surface area (Å²) in [6.07, 6.45) is 4.08. The third-order valence-corrected chi connectivity index (χ3v) is 2.63. The first-order valence-electron chi connectivity index (χ1n) is 5.90. The van der Waals surface area contributed by atoms with Crippen molar-refractivity contribution in [2.24, 2.45) is 0 Å². The number of methoxy groups -OCH3 is 1. The first-order valence-corrected chi connectivity index (χ1v) is 5.90. The van der Waals surface area contributed by atoms with Crippen LogP contribution in [0.5, 0.6) is 5.75 Å². The maximum absolute atomic E-state index is 11.9. The highest BCUT2D eigenvalue weighted by atomic mass is 16.5. The van der Waals surface area contributed by atoms with Crippen LogP contribution in [-0.2, 0) is 6.42 Å². The Kier molecular flexibility index (Phi) is 4.02. The minimum atomic E-state index is -0.183. The fourth-order valence-corrected chi connectivity index (χ4v) is 1.70. The molecule has 0 atom stereocenters. The SMILES string of the molecule is COc1cc(N)cc(C(=O)NCCc2ncc[nH]2)c1. The molecule has 0 aliphatic rings. The van der Waals surface area contributed by atoms with E-state index in [2.05, 4.69) is 15.3 Å². The Hall–Kier alpha value is -2.50. The number of H-pyrrole nitrogens is 1. The minimum Gasteiger partial charge on any atom is -0.497 e. The Morgan fingerprint density at radius 2 is 2.32 bits per heavy atom. The third kappa shape index (κ3) is 3.48. The van der Waals surface area contributed by atoms with Crippen LogP contribution in [-0.4, -0.2) is 29.5 Å². The number of nitrogen functional groups attached to an aromatic ring is 1. The van der Waals surface area contributed by atoms with Gasteiger partial charge in [0.05, 0.1) is 7.11 Å². The lowest BCUT2D eigenvalue weighted by Crippen LogP contribution is -2.26. The summed E-state index contributed by atoms with van der Waals surface area (Å²) in [6, 6.07) is 4.93. The standard InChI is InChI=1S/C13H16N4O2/c1-19-11-7-9(6-10(14)8-11)13(18)17-3-2-12-15-4-5-16-12/h4-8H,2-3,14H2,1H3,(H,15,16)(H,17,18). The molecule has 0 radical (unpaired) electrons. The molecule has 1 amide bonds. The Bertz CT molecular complexity index is 552. The monoisotopic (exact) mass is 260 g/mol. The van der Waals surface area contributed by atoms with Crippen molar-refractivity contribution in [3.05, 3.63) is 42.0 Å². The van der Waals surface area contributed by atoms with Crippen molar-refractivity contribution in [2.45, 2.75) is 6.42 Å². The van der Waals surface area contributed by atoms with Gasteiger partial charge in [-0.2, -0.15) is 0 Å². The number of hydrogen-bond donors (Lipinski definition) is 3. The van der Waals surface area contributed by atoms with Gasteiger partial charge in [-0.15, -0.1) is 0 Å². The molecule has 1 aromatic heterocycles. The van der Waals surface area contributed by atoms with Gasteiger partial charge in [-0.05, 0) is 12.1 Å². The number of imidazole rings is 1. The number of nitrogens with one attached hydrogen (secondary N) is 2. The zero-order valence-corrected chi connectivity index (χ0v) is 10.6. The van der Waals surface area contributed by atoms with Crippen LogP contribution in [0.4, 0.5) is 5.69 Å². The van der Waals surface area contributed by atoms with Crippen LogP contribution < -0.4 is 15.8 Å². The van der Waals surface area contributed by atoms with Gasteiger partial charge in [0.2, 0.25) is 0 Å². The summed E-state index contributed by atoms with van der Waals surface area (Å²) >= 11 is 0. The molecule has 1 aromatic carbocycles. The smallest absolute Gasteiger partial charge is 0.251 e. The van der Waals surface area contributed by atoms with Crippen molar-refractivity contribution < 1.29 is 9.53 Å². The van der Waals surface area contributed by atoms with E-state index in [1.54, 1.807) is 30.6 Å². The number of aromatic nitrogens is 2. The molecular weight excluding hydrogens is 244 g/mol. The molecule has 6 heteroatoms. The molecular formula is C13H16N4O2. The summed E-state index contributed by atoms with van der Waals surface area (Å²) < 4.78 is 5.07. The molecule has 19 heavy (non-hydrogen) atoms. The summed E-state index contributed by atoms with van der Waals surface area (Å²) in [4.78, 5) is 19.0. The molecule has 2 rings (SSSR count). The average Bonchev–Trinajstić information content (AvgIpc) is 2.91. The van der Waals surface area contributed by atoms with E-state index in [1.807, 2.05) is 0 Å². The predicted octanol–water partition coefficient (Wildman–Crippen LogP) is 0.973. The Morgan fingerprint density at radius 1 is 1.47 bits per heavy atom. The quantitative estimate of drug-likeness (QED) is 0.698. The molecule has 6 nitrogen and oxygen atoms in total. The summed E-state index contributed by atoms with van der Waals surface area (Å²) in [6.45, 7) is 0.503. The zero-order valence-electron chi connectivity index (χ0n) is 10.6. The molecule has 100 valence electrons. The van der Waals surface area contributed by atoms with Crippen molar-refractivity contribution in [2.75, 3.05) is 19.4 Å². The van der Waals surface area contributed by atoms with Crippen LogP contribution in [0.2, 0.25) is 0 Å². The lowest BCUT2D eigenvalue weighted by atomic mass is 10.1. The number of nitrogens with zero attached hydrogens (tertiary/aromatic N) is 1. The van der Waals surface area contributed by atoms with E-state index >= 15 is 0 Å². The van der Waals surface area contributed by atoms with Gasteiger partial charge in [-0.3, -0.25) is 4.79 Å². The van der Waals surface area contributed by atoms with Crippen LogP contribution in [0.15, 0.2) is 30.6 Å². The number of amides is 1. The molecule has 1 heterocycles. The molecule has 0 saturated carbocycles. The van der Waals surface area contributed by atoms with Crippen molar-refractivity contribution in [3.8, 4) is 5.75 Å². The number of anilines is 1. The third-order valence-electron chi connectivity index (χ3n) is 2.63. The van der Waals surface area contributed by atoms with Gasteiger partial charge < -0.3 is 20.8 Å². The van der Waals surface area contributed by atoms with E-state index in [0.717, 1.165) is 5.82 Å². The van der Waals surface area contributed by atoms with Crippen molar-refractivity contribution in [1.82, 2.24) is 15.3 Å². The normalized spacial score (nSPS) is 10.2. The summed E-state index contributed by atoms with van der Waals surface area (Å²) in [5, 5.41) is 2.81. The van der Waals surface area contributed by atoms with Crippen LogP contribution in [0.3, 0.4) is 0 Å². The number of ether oxygens (including phenoxy) is 1. The number of nitrogens with two attached hydrogens (primary N) is 1. The first-order chi connectivity index (χ1) is 9.19. The highest BCUT2D eigenvalue weighted by Crippen LogP contribution is 2.18. The summed E-state index contributed by atoms with van der Waals surface area (Å²) in [7, 11) is 1.54. The van der Waals surface area contributed by atoms with E-state index < -0.39 is 0 Å². The van der Waals surface area contributed by atoms with Crippen LogP contribution in [0.1, 0.15) is 16.2 Å². The number of benzene rings is 1. The Balaban J connectivity index is 1.94. The molecule has 0 saturated heterocycles. The molecule has 2 aromatic rings. The van der Waals surface area contributed by atoms with E-state index in [1.165, 1.54) is 7.11 Å². The zero-order chi connectivity index (χ0) is 13.7. The van der Waals surface area contributed by atoms with Gasteiger partial charge in [-0.25, -0.2) is 4.98 Å². The van der Waals surface area contributed by atoms with Gasteiger partial charge in [-0.1, -0.05) is 0 Å². The summed E-state index contributed by atoms with van der Waals surface area (Å²) in [5.41, 5.74) is 6.68. The molecule has 0 fully saturated rings. The topological polar surface area (TPSA) is 93.0 Å². The van der Waals surface area contributed by atoms with Crippen LogP contribution in [0, 0.1) is 0 Å². The predicted molar refractivity (Wildman–Crippen MR) is 72.0 cm³/mol. The second-order valence-electron chi connectivity index (χ2n) is 4.04. The second-order valence-corrected chi connectivity index (χ2v) is 4.04. The highest BCUT2D eigenvalue weighted by Gasteiger charge is 2.08. The van der Waals surface area contributed by atoms with Gasteiger partial charge >= 0.3 is 0 Å². The van der Waals surface area contributed by atoms with E-state index in [-0.39, 0.29) is 5.91 Å². The van der Waals surface area contributed by atoms with Gasteiger partial charge in [0.15, 0.2) is 0 Å². The minimum absolute atomic E-state index is 0.183. The molecule has 0 spiro atoms. The molecule has 0 aliphatic heterocycles. The van der Waals surface area contributed by atoms with Crippen molar-refractivity contribution >= 4 is 11.6 Å². The number of rotatable bonds is 5. The number of hydrogen-bond acceptors (Lipinski definition) is 4.